The lowest BCUT2D eigenvalue weighted by molar-refractivity contribution is -0.120. The molecule has 8 nitrogen and oxygen atoms in total. The molecule has 2 heterocycles. The summed E-state index contributed by atoms with van der Waals surface area (Å²) in [5.74, 6) is 0.671. The Balaban J connectivity index is 1.36. The van der Waals surface area contributed by atoms with Gasteiger partial charge in [-0.15, -0.1) is 0 Å². The molecule has 0 spiro atoms. The number of rotatable bonds is 9. The van der Waals surface area contributed by atoms with Crippen molar-refractivity contribution in [3.05, 3.63) is 42.0 Å². The number of likely N-dealkylation sites (tertiary alicyclic amines) is 1. The van der Waals surface area contributed by atoms with Crippen LogP contribution in [-0.2, 0) is 4.79 Å². The minimum absolute atomic E-state index is 0.103. The number of carbonyl (C=O) groups is 2. The Morgan fingerprint density at radius 2 is 1.75 bits per heavy atom. The predicted octanol–water partition coefficient (Wildman–Crippen LogP) is 5.55. The van der Waals surface area contributed by atoms with E-state index in [-0.39, 0.29) is 23.4 Å². The molecule has 2 N–H and O–H groups in total. The average molecular weight is 548 g/mol. The van der Waals surface area contributed by atoms with Gasteiger partial charge in [-0.3, -0.25) is 9.59 Å². The molecule has 0 aromatic heterocycles. The fraction of sp³-hybridized carbons (Fsp3) is 0.562. The largest absolute Gasteiger partial charge is 0.495 e. The normalized spacial score (nSPS) is 20.1. The average Bonchev–Trinajstić information content (AvgIpc) is 3.65. The molecule has 2 aromatic rings. The van der Waals surface area contributed by atoms with Gasteiger partial charge < -0.3 is 30.1 Å². The topological polar surface area (TPSA) is 77.2 Å². The van der Waals surface area contributed by atoms with Gasteiger partial charge in [0.05, 0.1) is 24.2 Å². The third kappa shape index (κ3) is 5.78. The summed E-state index contributed by atoms with van der Waals surface area (Å²) in [6, 6.07) is 12.0. The van der Waals surface area contributed by atoms with Gasteiger partial charge in [-0.25, -0.2) is 0 Å². The Bertz CT molecular complexity index is 1230. The number of fused-ring (bicyclic) bond motifs is 1. The van der Waals surface area contributed by atoms with E-state index in [9.17, 15) is 9.59 Å². The van der Waals surface area contributed by atoms with E-state index in [1.54, 1.807) is 18.1 Å². The highest BCUT2D eigenvalue weighted by Crippen LogP contribution is 2.43. The zero-order valence-corrected chi connectivity index (χ0v) is 24.8. The lowest BCUT2D eigenvalue weighted by Gasteiger charge is -2.45. The summed E-state index contributed by atoms with van der Waals surface area (Å²) in [6.07, 6.45) is 7.90. The summed E-state index contributed by atoms with van der Waals surface area (Å²) < 4.78 is 5.71. The van der Waals surface area contributed by atoms with Gasteiger partial charge >= 0.3 is 0 Å². The van der Waals surface area contributed by atoms with Crippen LogP contribution < -0.4 is 25.2 Å². The van der Waals surface area contributed by atoms with Crippen LogP contribution in [0.3, 0.4) is 0 Å². The molecule has 0 radical (unpaired) electrons. The number of anilines is 4. The van der Waals surface area contributed by atoms with Gasteiger partial charge in [-0.05, 0) is 95.4 Å². The fourth-order valence-electron chi connectivity index (χ4n) is 6.74. The number of amides is 2. The van der Waals surface area contributed by atoms with Crippen LogP contribution in [0.5, 0.6) is 5.75 Å². The molecule has 8 heteroatoms. The van der Waals surface area contributed by atoms with E-state index < -0.39 is 0 Å². The maximum atomic E-state index is 13.2. The highest BCUT2D eigenvalue weighted by Gasteiger charge is 2.40. The van der Waals surface area contributed by atoms with Crippen LogP contribution in [0.15, 0.2) is 36.4 Å². The van der Waals surface area contributed by atoms with Crippen molar-refractivity contribution in [2.45, 2.75) is 83.3 Å². The standard InChI is InChI=1S/C32H45N5O3/c1-6-26-31(39)35(4)27-16-14-23(20-28(27)37(26)24-11-7-8-12-24)33-25-15-13-22(19-29(25)40-5)30(38)34-32(2,3)21-36-17-9-10-18-36/h13-16,19-20,24,26,33H,6-12,17-18,21H2,1-5H3,(H,34,38)/t26-/m0/s1. The van der Waals surface area contributed by atoms with Crippen LogP contribution in [0.4, 0.5) is 22.7 Å². The Morgan fingerprint density at radius 3 is 2.42 bits per heavy atom. The van der Waals surface area contributed by atoms with Gasteiger partial charge in [-0.2, -0.15) is 0 Å². The molecular formula is C32H45N5O3. The highest BCUT2D eigenvalue weighted by atomic mass is 16.5. The van der Waals surface area contributed by atoms with Crippen molar-refractivity contribution in [3.63, 3.8) is 0 Å². The van der Waals surface area contributed by atoms with Gasteiger partial charge in [0.1, 0.15) is 11.8 Å². The van der Waals surface area contributed by atoms with Crippen LogP contribution >= 0.6 is 0 Å². The summed E-state index contributed by atoms with van der Waals surface area (Å²) in [6.45, 7) is 9.29. The molecule has 40 heavy (non-hydrogen) atoms. The van der Waals surface area contributed by atoms with Crippen molar-refractivity contribution in [2.75, 3.05) is 48.9 Å². The summed E-state index contributed by atoms with van der Waals surface area (Å²) in [4.78, 5) is 33.0. The maximum Gasteiger partial charge on any atom is 0.251 e. The molecule has 5 rings (SSSR count). The molecule has 2 aromatic carbocycles. The second-order valence-corrected chi connectivity index (χ2v) is 12.2. The van der Waals surface area contributed by atoms with Crippen LogP contribution in [0.2, 0.25) is 0 Å². The number of ether oxygens (including phenoxy) is 1. The Kier molecular flexibility index (Phi) is 8.26. The molecule has 2 fully saturated rings. The number of carbonyl (C=O) groups excluding carboxylic acids is 2. The summed E-state index contributed by atoms with van der Waals surface area (Å²) in [7, 11) is 3.50. The van der Waals surface area contributed by atoms with Crippen molar-refractivity contribution in [1.29, 1.82) is 0 Å². The summed E-state index contributed by atoms with van der Waals surface area (Å²) >= 11 is 0. The number of nitrogens with one attached hydrogen (secondary N) is 2. The van der Waals surface area contributed by atoms with Gasteiger partial charge in [0, 0.05) is 36.4 Å². The Labute approximate surface area is 239 Å². The van der Waals surface area contributed by atoms with Crippen LogP contribution in [0, 0.1) is 0 Å². The van der Waals surface area contributed by atoms with Gasteiger partial charge in [0.15, 0.2) is 0 Å². The van der Waals surface area contributed by atoms with Gasteiger partial charge in [-0.1, -0.05) is 19.8 Å². The molecule has 3 aliphatic rings. The predicted molar refractivity (Wildman–Crippen MR) is 162 cm³/mol. The van der Waals surface area contributed by atoms with Crippen LogP contribution in [0.25, 0.3) is 0 Å². The maximum absolute atomic E-state index is 13.2. The molecule has 2 aliphatic heterocycles. The third-order valence-electron chi connectivity index (χ3n) is 8.68. The van der Waals surface area contributed by atoms with Crippen molar-refractivity contribution in [3.8, 4) is 5.75 Å². The van der Waals surface area contributed by atoms with Gasteiger partial charge in [0.2, 0.25) is 5.91 Å². The quantitative estimate of drug-likeness (QED) is 0.429. The van der Waals surface area contributed by atoms with E-state index in [1.807, 2.05) is 31.3 Å². The van der Waals surface area contributed by atoms with Gasteiger partial charge in [0.25, 0.3) is 5.91 Å². The lowest BCUT2D eigenvalue weighted by atomic mass is 10.00. The van der Waals surface area contributed by atoms with Crippen molar-refractivity contribution < 1.29 is 14.3 Å². The fourth-order valence-corrected chi connectivity index (χ4v) is 6.74. The zero-order chi connectivity index (χ0) is 28.4. The van der Waals surface area contributed by atoms with E-state index in [0.717, 1.165) is 61.6 Å². The highest BCUT2D eigenvalue weighted by molar-refractivity contribution is 6.06. The van der Waals surface area contributed by atoms with E-state index in [1.165, 1.54) is 25.7 Å². The summed E-state index contributed by atoms with van der Waals surface area (Å²) in [5, 5.41) is 6.72. The third-order valence-corrected chi connectivity index (χ3v) is 8.68. The second kappa shape index (κ2) is 11.7. The first kappa shape index (κ1) is 28.3. The first-order valence-corrected chi connectivity index (χ1v) is 14.9. The minimum Gasteiger partial charge on any atom is -0.495 e. The molecule has 0 unspecified atom stereocenters. The molecule has 2 amide bonds. The molecule has 1 atom stereocenters. The molecule has 1 aliphatic carbocycles. The van der Waals surface area contributed by atoms with E-state index in [4.69, 9.17) is 4.74 Å². The van der Waals surface area contributed by atoms with E-state index in [0.29, 0.717) is 17.4 Å². The lowest BCUT2D eigenvalue weighted by Crippen LogP contribution is -2.55. The van der Waals surface area contributed by atoms with Crippen LogP contribution in [0.1, 0.15) is 76.1 Å². The smallest absolute Gasteiger partial charge is 0.251 e. The van der Waals surface area contributed by atoms with E-state index in [2.05, 4.69) is 47.3 Å². The molecule has 1 saturated heterocycles. The molecule has 1 saturated carbocycles. The number of hydrogen-bond donors (Lipinski definition) is 2. The van der Waals surface area contributed by atoms with Crippen molar-refractivity contribution in [1.82, 2.24) is 10.2 Å². The summed E-state index contributed by atoms with van der Waals surface area (Å²) in [5.41, 5.74) is 3.99. The van der Waals surface area contributed by atoms with Crippen LogP contribution in [-0.4, -0.2) is 68.1 Å². The monoisotopic (exact) mass is 547 g/mol. The molecular weight excluding hydrogens is 502 g/mol. The first-order chi connectivity index (χ1) is 19.2. The number of benzene rings is 2. The number of nitrogens with zero attached hydrogens (tertiary/aromatic N) is 3. The first-order valence-electron chi connectivity index (χ1n) is 14.9. The Hall–Kier alpha value is -3.26. The molecule has 216 valence electrons. The SMILES string of the molecule is CC[C@H]1C(=O)N(C)c2ccc(Nc3ccc(C(=O)NC(C)(C)CN4CCCC4)cc3OC)cc2N1C1CCCC1. The minimum atomic E-state index is -0.329. The molecule has 0 bridgehead atoms. The zero-order valence-electron chi connectivity index (χ0n) is 24.8. The van der Waals surface area contributed by atoms with Crippen molar-refractivity contribution in [2.24, 2.45) is 0 Å². The number of methoxy groups -OCH3 is 1. The second-order valence-electron chi connectivity index (χ2n) is 12.2. The number of likely N-dealkylation sites (N-methyl/N-ethyl adjacent to an activating group) is 1. The Morgan fingerprint density at radius 1 is 1.02 bits per heavy atom. The number of hydrogen-bond acceptors (Lipinski definition) is 6. The van der Waals surface area contributed by atoms with Crippen molar-refractivity contribution >= 4 is 34.6 Å². The van der Waals surface area contributed by atoms with E-state index >= 15 is 0 Å².